The molecule has 10 nitrogen and oxygen atoms in total. The molecule has 232 valence electrons. The van der Waals surface area contributed by atoms with Crippen molar-refractivity contribution in [1.82, 2.24) is 24.8 Å². The maximum atomic E-state index is 14.0. The van der Waals surface area contributed by atoms with Crippen LogP contribution in [0.4, 0.5) is 10.5 Å². The van der Waals surface area contributed by atoms with Crippen molar-refractivity contribution in [2.24, 2.45) is 11.3 Å². The number of anilines is 1. The Kier molecular flexibility index (Phi) is 9.29. The Morgan fingerprint density at radius 1 is 1.14 bits per heavy atom. The van der Waals surface area contributed by atoms with Crippen LogP contribution in [0.15, 0.2) is 47.4 Å². The molecule has 1 atom stereocenters. The predicted molar refractivity (Wildman–Crippen MR) is 171 cm³/mol. The molecule has 1 aromatic heterocycles. The van der Waals surface area contributed by atoms with E-state index in [0.717, 1.165) is 41.5 Å². The van der Waals surface area contributed by atoms with Gasteiger partial charge < -0.3 is 20.4 Å². The molecule has 0 spiro atoms. The molecule has 2 aliphatic heterocycles. The maximum Gasteiger partial charge on any atom is 0.316 e. The van der Waals surface area contributed by atoms with E-state index in [0.29, 0.717) is 42.8 Å². The van der Waals surface area contributed by atoms with Gasteiger partial charge in [0.05, 0.1) is 20.9 Å². The van der Waals surface area contributed by atoms with Gasteiger partial charge in [0.15, 0.2) is 0 Å². The van der Waals surface area contributed by atoms with E-state index >= 15 is 0 Å². The monoisotopic (exact) mass is 626 g/mol. The van der Waals surface area contributed by atoms with Gasteiger partial charge in [0.25, 0.3) is 0 Å². The van der Waals surface area contributed by atoms with E-state index in [1.165, 1.54) is 16.2 Å². The van der Waals surface area contributed by atoms with Gasteiger partial charge in [-0.05, 0) is 60.8 Å². The molecule has 2 aromatic carbocycles. The van der Waals surface area contributed by atoms with Crippen LogP contribution in [0, 0.1) is 11.3 Å². The average molecular weight is 627 g/mol. The zero-order valence-corrected chi connectivity index (χ0v) is 27.0. The highest BCUT2D eigenvalue weighted by Gasteiger charge is 2.35. The molecular formula is C31H42N6O4S2. The lowest BCUT2D eigenvalue weighted by molar-refractivity contribution is -0.134. The van der Waals surface area contributed by atoms with Crippen molar-refractivity contribution in [2.75, 3.05) is 45.6 Å². The molecule has 3 N–H and O–H groups in total. The van der Waals surface area contributed by atoms with Crippen LogP contribution >= 0.6 is 11.3 Å². The highest BCUT2D eigenvalue weighted by atomic mass is 32.2. The minimum absolute atomic E-state index is 0.0121. The van der Waals surface area contributed by atoms with E-state index < -0.39 is 16.1 Å². The third-order valence-electron chi connectivity index (χ3n) is 8.29. The van der Waals surface area contributed by atoms with Gasteiger partial charge in [0, 0.05) is 46.7 Å². The lowest BCUT2D eigenvalue weighted by Crippen LogP contribution is -2.51. The Bertz CT molecular complexity index is 1540. The Morgan fingerprint density at radius 2 is 1.88 bits per heavy atom. The van der Waals surface area contributed by atoms with E-state index in [9.17, 15) is 18.0 Å². The number of hydrogen-bond acceptors (Lipinski definition) is 7. The molecule has 1 fully saturated rings. The van der Waals surface area contributed by atoms with E-state index in [2.05, 4.69) is 29.2 Å². The number of piperidine rings is 1. The summed E-state index contributed by atoms with van der Waals surface area (Å²) in [6.45, 7) is 6.63. The van der Waals surface area contributed by atoms with Gasteiger partial charge in [-0.25, -0.2) is 18.2 Å². The summed E-state index contributed by atoms with van der Waals surface area (Å²) in [6.07, 6.45) is 3.38. The maximum absolute atomic E-state index is 14.0. The largest absolute Gasteiger partial charge is 0.383 e. The van der Waals surface area contributed by atoms with Crippen LogP contribution in [0.3, 0.4) is 0 Å². The Morgan fingerprint density at radius 3 is 2.60 bits per heavy atom. The molecule has 12 heteroatoms. The number of aromatic nitrogens is 1. The predicted octanol–water partition coefficient (Wildman–Crippen LogP) is 4.08. The van der Waals surface area contributed by atoms with E-state index in [-0.39, 0.29) is 28.7 Å². The van der Waals surface area contributed by atoms with Crippen LogP contribution < -0.4 is 15.4 Å². The number of sulfonamides is 1. The standard InChI is InChI=1S/C31H42N6O4S2/c1-31(2)19-22-8-7-11-26(28(22)33-20-31)43(40,41)35-24(18-27-34-23-9-5-6-10-25(23)42-27)29(38)37-16-13-21(14-17-37)12-15-32-30(39)36(3)4/h5-11,21,24,33,35H,12-20H2,1-4H3,(H,32,39)/t24-/m0/s1. The number of fused-ring (bicyclic) bond motifs is 2. The Hall–Kier alpha value is -3.22. The zero-order chi connectivity index (χ0) is 30.8. The van der Waals surface area contributed by atoms with E-state index in [1.54, 1.807) is 31.1 Å². The molecule has 0 aliphatic carbocycles. The first-order valence-electron chi connectivity index (χ1n) is 14.9. The van der Waals surface area contributed by atoms with Gasteiger partial charge in [-0.3, -0.25) is 4.79 Å². The normalized spacial score (nSPS) is 17.6. The molecule has 0 saturated carbocycles. The molecule has 5 rings (SSSR count). The van der Waals surface area contributed by atoms with Gasteiger partial charge in [-0.1, -0.05) is 38.1 Å². The van der Waals surface area contributed by atoms with Crippen LogP contribution in [-0.4, -0.2) is 81.5 Å². The molecule has 3 heterocycles. The molecule has 3 amide bonds. The molecule has 0 bridgehead atoms. The molecule has 0 radical (unpaired) electrons. The highest BCUT2D eigenvalue weighted by Crippen LogP contribution is 2.36. The molecule has 0 unspecified atom stereocenters. The van der Waals surface area contributed by atoms with Crippen molar-refractivity contribution in [3.63, 3.8) is 0 Å². The fraction of sp³-hybridized carbons (Fsp3) is 0.516. The number of rotatable bonds is 9. The first-order chi connectivity index (χ1) is 20.4. The Labute approximate surface area is 258 Å². The van der Waals surface area contributed by atoms with Crippen LogP contribution in [0.1, 0.15) is 43.7 Å². The summed E-state index contributed by atoms with van der Waals surface area (Å²) in [6, 6.07) is 12.0. The summed E-state index contributed by atoms with van der Waals surface area (Å²) in [5.74, 6) is 0.151. The van der Waals surface area contributed by atoms with Crippen LogP contribution in [0.2, 0.25) is 0 Å². The van der Waals surface area contributed by atoms with Crippen molar-refractivity contribution in [3.05, 3.63) is 53.0 Å². The third kappa shape index (κ3) is 7.47. The second kappa shape index (κ2) is 12.8. The van der Waals surface area contributed by atoms with Gasteiger partial charge in [0.2, 0.25) is 15.9 Å². The fourth-order valence-electron chi connectivity index (χ4n) is 5.87. The van der Waals surface area contributed by atoms with Gasteiger partial charge in [-0.2, -0.15) is 4.72 Å². The Balaban J connectivity index is 1.33. The number of hydrogen-bond donors (Lipinski definition) is 3. The van der Waals surface area contributed by atoms with Gasteiger partial charge in [-0.15, -0.1) is 11.3 Å². The van der Waals surface area contributed by atoms with E-state index in [4.69, 9.17) is 4.98 Å². The van der Waals surface area contributed by atoms with Crippen molar-refractivity contribution in [1.29, 1.82) is 0 Å². The van der Waals surface area contributed by atoms with Gasteiger partial charge >= 0.3 is 6.03 Å². The average Bonchev–Trinajstić information content (AvgIpc) is 3.38. The SMILES string of the molecule is CN(C)C(=O)NCCC1CCN(C(=O)[C@H](Cc2nc3ccccc3s2)NS(=O)(=O)c2cccc3c2NCC(C)(C)C3)CC1. The van der Waals surface area contributed by atoms with Crippen LogP contribution in [0.5, 0.6) is 0 Å². The number of thiazole rings is 1. The lowest BCUT2D eigenvalue weighted by atomic mass is 9.82. The molecule has 3 aromatic rings. The zero-order valence-electron chi connectivity index (χ0n) is 25.4. The second-order valence-corrected chi connectivity index (χ2v) is 15.4. The number of nitrogens with one attached hydrogen (secondary N) is 3. The third-order valence-corrected chi connectivity index (χ3v) is 10.9. The van der Waals surface area contributed by atoms with E-state index in [1.807, 2.05) is 30.3 Å². The highest BCUT2D eigenvalue weighted by molar-refractivity contribution is 7.89. The number of amides is 3. The molecule has 1 saturated heterocycles. The number of carbonyl (C=O) groups is 2. The smallest absolute Gasteiger partial charge is 0.316 e. The second-order valence-electron chi connectivity index (χ2n) is 12.6. The summed E-state index contributed by atoms with van der Waals surface area (Å²) in [7, 11) is -0.616. The van der Waals surface area contributed by atoms with Crippen molar-refractivity contribution in [2.45, 2.75) is 56.9 Å². The quantitative estimate of drug-likeness (QED) is 0.329. The number of nitrogens with zero attached hydrogens (tertiary/aromatic N) is 3. The lowest BCUT2D eigenvalue weighted by Gasteiger charge is -2.35. The summed E-state index contributed by atoms with van der Waals surface area (Å²) in [5, 5.41) is 6.96. The minimum Gasteiger partial charge on any atom is -0.383 e. The number of urea groups is 1. The summed E-state index contributed by atoms with van der Waals surface area (Å²) >= 11 is 1.48. The summed E-state index contributed by atoms with van der Waals surface area (Å²) < 4.78 is 31.6. The van der Waals surface area contributed by atoms with Crippen LogP contribution in [-0.2, 0) is 27.7 Å². The van der Waals surface area contributed by atoms with Crippen molar-refractivity contribution >= 4 is 49.2 Å². The summed E-state index contributed by atoms with van der Waals surface area (Å²) in [5.41, 5.74) is 2.42. The number of para-hydroxylation sites is 2. The summed E-state index contributed by atoms with van der Waals surface area (Å²) in [4.78, 5) is 34.0. The van der Waals surface area contributed by atoms with Gasteiger partial charge in [0.1, 0.15) is 10.9 Å². The van der Waals surface area contributed by atoms with Crippen LogP contribution in [0.25, 0.3) is 10.2 Å². The first-order valence-corrected chi connectivity index (χ1v) is 17.2. The minimum atomic E-state index is -4.04. The van der Waals surface area contributed by atoms with Crippen molar-refractivity contribution in [3.8, 4) is 0 Å². The number of carbonyl (C=O) groups excluding carboxylic acids is 2. The topological polar surface area (TPSA) is 124 Å². The molecular weight excluding hydrogens is 585 g/mol. The number of likely N-dealkylation sites (tertiary alicyclic amines) is 1. The number of benzene rings is 2. The van der Waals surface area contributed by atoms with Crippen molar-refractivity contribution < 1.29 is 18.0 Å². The first kappa shape index (κ1) is 31.2. The molecule has 2 aliphatic rings. The fourth-order valence-corrected chi connectivity index (χ4v) is 8.30. The molecule has 43 heavy (non-hydrogen) atoms.